The highest BCUT2D eigenvalue weighted by Crippen LogP contribution is 2.30. The third kappa shape index (κ3) is 3.35. The lowest BCUT2D eigenvalue weighted by atomic mass is 9.87. The fourth-order valence-corrected chi connectivity index (χ4v) is 2.79. The van der Waals surface area contributed by atoms with E-state index in [9.17, 15) is 5.11 Å². The molecule has 0 aromatic heterocycles. The van der Waals surface area contributed by atoms with Gasteiger partial charge in [-0.25, -0.2) is 0 Å². The summed E-state index contributed by atoms with van der Waals surface area (Å²) in [6.07, 6.45) is 3.62. The summed E-state index contributed by atoms with van der Waals surface area (Å²) < 4.78 is 0. The topological polar surface area (TPSA) is 35.5 Å². The Morgan fingerprint density at radius 1 is 1.32 bits per heavy atom. The predicted octanol–water partition coefficient (Wildman–Crippen LogP) is 1.97. The second kappa shape index (κ2) is 6.51. The van der Waals surface area contributed by atoms with Gasteiger partial charge in [-0.3, -0.25) is 0 Å². The maximum atomic E-state index is 9.89. The number of aliphatic hydroxyl groups is 1. The van der Waals surface area contributed by atoms with Gasteiger partial charge in [0.15, 0.2) is 0 Å². The third-order valence-corrected chi connectivity index (χ3v) is 4.37. The first-order chi connectivity index (χ1) is 9.25. The smallest absolute Gasteiger partial charge is 0.0678 e. The van der Waals surface area contributed by atoms with E-state index >= 15 is 0 Å². The fraction of sp³-hybridized carbons (Fsp3) is 0.625. The molecule has 0 radical (unpaired) electrons. The summed E-state index contributed by atoms with van der Waals surface area (Å²) >= 11 is 0. The zero-order chi connectivity index (χ0) is 13.7. The van der Waals surface area contributed by atoms with Gasteiger partial charge in [0, 0.05) is 12.6 Å². The van der Waals surface area contributed by atoms with E-state index < -0.39 is 0 Å². The van der Waals surface area contributed by atoms with Crippen molar-refractivity contribution in [2.45, 2.75) is 37.8 Å². The fourth-order valence-electron chi connectivity index (χ4n) is 2.79. The van der Waals surface area contributed by atoms with E-state index in [1.807, 2.05) is 25.2 Å². The summed E-state index contributed by atoms with van der Waals surface area (Å²) in [4.78, 5) is 2.53. The number of aliphatic hydroxyl groups excluding tert-OH is 1. The maximum absolute atomic E-state index is 9.89. The summed E-state index contributed by atoms with van der Waals surface area (Å²) in [5.74, 6) is 0. The van der Waals surface area contributed by atoms with Gasteiger partial charge in [-0.1, -0.05) is 37.3 Å². The Hall–Kier alpha value is -0.900. The molecule has 0 aliphatic heterocycles. The predicted molar refractivity (Wildman–Crippen MR) is 79.2 cm³/mol. The molecule has 3 heteroatoms. The van der Waals surface area contributed by atoms with Crippen LogP contribution in [0.3, 0.4) is 0 Å². The van der Waals surface area contributed by atoms with Gasteiger partial charge in [-0.15, -0.1) is 0 Å². The van der Waals surface area contributed by atoms with E-state index in [4.69, 9.17) is 0 Å². The van der Waals surface area contributed by atoms with Crippen LogP contribution >= 0.6 is 0 Å². The van der Waals surface area contributed by atoms with Crippen LogP contribution in [0.15, 0.2) is 30.3 Å². The quantitative estimate of drug-likeness (QED) is 0.752. The lowest BCUT2D eigenvalue weighted by molar-refractivity contribution is 0.138. The average molecular weight is 262 g/mol. The van der Waals surface area contributed by atoms with Crippen molar-refractivity contribution in [3.63, 3.8) is 0 Å². The van der Waals surface area contributed by atoms with Crippen LogP contribution in [-0.2, 0) is 5.54 Å². The lowest BCUT2D eigenvalue weighted by Gasteiger charge is -2.34. The standard InChI is InChI=1S/C16H26N2O/c1-3-18(15-9-10-15)12-11-16(13-19,17-2)14-7-5-4-6-8-14/h4-8,15,17,19H,3,9-13H2,1-2H3. The van der Waals surface area contributed by atoms with Gasteiger partial charge in [0.25, 0.3) is 0 Å². The van der Waals surface area contributed by atoms with Crippen molar-refractivity contribution in [1.29, 1.82) is 0 Å². The largest absolute Gasteiger partial charge is 0.394 e. The monoisotopic (exact) mass is 262 g/mol. The Labute approximate surface area is 116 Å². The minimum atomic E-state index is -0.316. The molecule has 0 spiro atoms. The Morgan fingerprint density at radius 2 is 2.00 bits per heavy atom. The Bertz CT molecular complexity index is 372. The van der Waals surface area contributed by atoms with Gasteiger partial charge < -0.3 is 15.3 Å². The molecule has 1 aliphatic rings. The molecule has 3 nitrogen and oxygen atoms in total. The number of likely N-dealkylation sites (N-methyl/N-ethyl adjacent to an activating group) is 1. The van der Waals surface area contributed by atoms with Crippen molar-refractivity contribution in [1.82, 2.24) is 10.2 Å². The van der Waals surface area contributed by atoms with Crippen molar-refractivity contribution in [2.75, 3.05) is 26.7 Å². The molecule has 1 aliphatic carbocycles. The normalized spacial score (nSPS) is 18.5. The van der Waals surface area contributed by atoms with Gasteiger partial charge >= 0.3 is 0 Å². The average Bonchev–Trinajstić information content (AvgIpc) is 3.30. The summed E-state index contributed by atoms with van der Waals surface area (Å²) in [5.41, 5.74) is 0.857. The van der Waals surface area contributed by atoms with Crippen LogP contribution in [0.1, 0.15) is 31.7 Å². The van der Waals surface area contributed by atoms with Crippen molar-refractivity contribution in [3.8, 4) is 0 Å². The first-order valence-electron chi connectivity index (χ1n) is 7.35. The molecule has 0 saturated heterocycles. The Kier molecular flexibility index (Phi) is 4.97. The number of nitrogens with zero attached hydrogens (tertiary/aromatic N) is 1. The highest BCUT2D eigenvalue weighted by Gasteiger charge is 2.33. The van der Waals surface area contributed by atoms with Crippen LogP contribution in [0.5, 0.6) is 0 Å². The summed E-state index contributed by atoms with van der Waals surface area (Å²) in [7, 11) is 1.94. The van der Waals surface area contributed by atoms with Crippen LogP contribution in [0.4, 0.5) is 0 Å². The van der Waals surface area contributed by atoms with Crippen molar-refractivity contribution < 1.29 is 5.11 Å². The molecule has 1 fully saturated rings. The molecule has 0 heterocycles. The number of hydrogen-bond acceptors (Lipinski definition) is 3. The first-order valence-corrected chi connectivity index (χ1v) is 7.35. The summed E-state index contributed by atoms with van der Waals surface area (Å²) in [5, 5.41) is 13.2. The van der Waals surface area contributed by atoms with Crippen molar-refractivity contribution >= 4 is 0 Å². The van der Waals surface area contributed by atoms with E-state index in [0.717, 1.165) is 25.6 Å². The van der Waals surface area contributed by atoms with E-state index in [-0.39, 0.29) is 12.1 Å². The van der Waals surface area contributed by atoms with E-state index in [1.165, 1.54) is 18.4 Å². The molecule has 1 aromatic carbocycles. The SMILES string of the molecule is CCN(CCC(CO)(NC)c1ccccc1)C1CC1. The number of rotatable bonds is 8. The summed E-state index contributed by atoms with van der Waals surface area (Å²) in [6, 6.07) is 11.1. The molecular formula is C16H26N2O. The number of benzene rings is 1. The molecule has 1 saturated carbocycles. The molecule has 106 valence electrons. The Balaban J connectivity index is 2.06. The van der Waals surface area contributed by atoms with Gasteiger partial charge in [-0.05, 0) is 38.4 Å². The second-order valence-corrected chi connectivity index (χ2v) is 5.47. The molecule has 2 rings (SSSR count). The molecule has 19 heavy (non-hydrogen) atoms. The van der Waals surface area contributed by atoms with Gasteiger partial charge in [0.1, 0.15) is 0 Å². The van der Waals surface area contributed by atoms with E-state index in [2.05, 4.69) is 29.3 Å². The molecule has 0 amide bonds. The van der Waals surface area contributed by atoms with Crippen LogP contribution in [0.2, 0.25) is 0 Å². The van der Waals surface area contributed by atoms with Gasteiger partial charge in [-0.2, -0.15) is 0 Å². The molecular weight excluding hydrogens is 236 g/mol. The Morgan fingerprint density at radius 3 is 2.47 bits per heavy atom. The van der Waals surface area contributed by atoms with Crippen LogP contribution in [0.25, 0.3) is 0 Å². The molecule has 1 unspecified atom stereocenters. The molecule has 1 atom stereocenters. The highest BCUT2D eigenvalue weighted by molar-refractivity contribution is 5.24. The molecule has 0 bridgehead atoms. The summed E-state index contributed by atoms with van der Waals surface area (Å²) in [6.45, 7) is 4.50. The first kappa shape index (κ1) is 14.5. The van der Waals surface area contributed by atoms with Crippen molar-refractivity contribution in [3.05, 3.63) is 35.9 Å². The van der Waals surface area contributed by atoms with Crippen LogP contribution < -0.4 is 5.32 Å². The zero-order valence-corrected chi connectivity index (χ0v) is 12.1. The van der Waals surface area contributed by atoms with E-state index in [0.29, 0.717) is 0 Å². The lowest BCUT2D eigenvalue weighted by Crippen LogP contribution is -2.46. The highest BCUT2D eigenvalue weighted by atomic mass is 16.3. The second-order valence-electron chi connectivity index (χ2n) is 5.47. The molecule has 1 aromatic rings. The zero-order valence-electron chi connectivity index (χ0n) is 12.1. The van der Waals surface area contributed by atoms with Crippen LogP contribution in [0, 0.1) is 0 Å². The third-order valence-electron chi connectivity index (χ3n) is 4.37. The minimum absolute atomic E-state index is 0.135. The molecule has 2 N–H and O–H groups in total. The minimum Gasteiger partial charge on any atom is -0.394 e. The van der Waals surface area contributed by atoms with Crippen LogP contribution in [-0.4, -0.2) is 42.8 Å². The van der Waals surface area contributed by atoms with Crippen molar-refractivity contribution in [2.24, 2.45) is 0 Å². The van der Waals surface area contributed by atoms with Gasteiger partial charge in [0.2, 0.25) is 0 Å². The number of hydrogen-bond donors (Lipinski definition) is 2. The van der Waals surface area contributed by atoms with E-state index in [1.54, 1.807) is 0 Å². The van der Waals surface area contributed by atoms with Gasteiger partial charge in [0.05, 0.1) is 12.1 Å². The maximum Gasteiger partial charge on any atom is 0.0678 e. The number of nitrogens with one attached hydrogen (secondary N) is 1.